The van der Waals surface area contributed by atoms with Gasteiger partial charge < -0.3 is 249 Å². The third-order valence-corrected chi connectivity index (χ3v) is 22.4. The fourth-order valence-corrected chi connectivity index (χ4v) is 15.8. The Kier molecular flexibility index (Phi) is 35.8. The first-order valence-electron chi connectivity index (χ1n) is 39.0. The van der Waals surface area contributed by atoms with E-state index in [1.807, 2.05) is 0 Å². The van der Waals surface area contributed by atoms with Crippen LogP contribution in [0.1, 0.15) is 34.6 Å². The quantitative estimate of drug-likeness (QED) is 0.0306. The first kappa shape index (κ1) is 100. The third-order valence-electron chi connectivity index (χ3n) is 22.4. The molecule has 0 saturated carbocycles. The smallest absolute Gasteiger partial charge is 0.217 e. The van der Waals surface area contributed by atoms with Crippen LogP contribution in [0.15, 0.2) is 0 Å². The Morgan fingerprint density at radius 2 is 0.492 bits per heavy atom. The number of hydrogen-bond acceptors (Lipinski definition) is 50. The van der Waals surface area contributed by atoms with Crippen LogP contribution in [-0.4, -0.2) is 528 Å². The summed E-state index contributed by atoms with van der Waals surface area (Å²) in [7, 11) is 0. The first-order chi connectivity index (χ1) is 57.7. The monoisotopic (exact) mass is 1790 g/mol. The van der Waals surface area contributed by atoms with Gasteiger partial charge in [0.2, 0.25) is 23.6 Å². The first-order valence-corrected chi connectivity index (χ1v) is 39.0. The molecule has 10 fully saturated rings. The number of nitrogens with one attached hydrogen (secondary N) is 4. The molecule has 706 valence electrons. The molecule has 0 spiro atoms. The van der Waals surface area contributed by atoms with E-state index in [0.29, 0.717) is 0 Å². The van der Waals surface area contributed by atoms with Crippen molar-refractivity contribution in [2.75, 3.05) is 59.5 Å². The topological polar surface area (TPSA) is 838 Å². The molecule has 50 atom stereocenters. The van der Waals surface area contributed by atoms with Gasteiger partial charge in [0.15, 0.2) is 62.9 Å². The van der Waals surface area contributed by atoms with Gasteiger partial charge in [-0.2, -0.15) is 0 Å². The van der Waals surface area contributed by atoms with Crippen LogP contribution in [0.5, 0.6) is 0 Å². The largest absolute Gasteiger partial charge is 0.394 e. The third kappa shape index (κ3) is 22.0. The Morgan fingerprint density at radius 1 is 0.230 bits per heavy atom. The maximum Gasteiger partial charge on any atom is 0.217 e. The predicted molar refractivity (Wildman–Crippen MR) is 375 cm³/mol. The number of amides is 4. The maximum absolute atomic E-state index is 13.2. The highest BCUT2D eigenvalue weighted by Crippen LogP contribution is 2.40. The number of carbonyl (C=O) groups is 4. The van der Waals surface area contributed by atoms with Gasteiger partial charge in [0.25, 0.3) is 0 Å². The standard InChI is InChI=1S/C68H114N4O50/c1-15-33(84)42(93)47(98)63(106-15)104-14-28-56(38(89)29(59(103)107-28)69-16(2)80)117-61-31(71-18(4)82)40(91)54(25(11-78)112-61)120-67-51(102)57(121-66-50(101)46(97)55(26(12-79)114-66)116-60-30(70-17(3)81)39(90)52(23(9-76)111-60)118-64-48(99)43(94)34(85)20(6-73)108-64)37(88)27(115-67)13-105-68-58(45(96)36(87)22(8-75)110-68)122-62-32(72-19(5)83)41(92)53(24(10-77)113-62)119-65-49(100)44(95)35(86)21(7-74)109-65/h15,20-68,73-79,84-103H,6-14H2,1-5H3,(H,69,80)(H,70,81)(H,71,82)(H,72,83)/t15-,20-,21-,22-,23-,24-,25-,26-,27-,28-,29-,30-,31-,32-,33+,34+,35+,36-,37-,38-,39-,40-,41-,42+,43+,44+,45+,46-,47-,48-,49-,50+,51+,52-,53-,54-,55-,56-,57+,58+,59-,60+,61+,62+,63+,64+,65+,66-,67+,68+/m1/s1. The van der Waals surface area contributed by atoms with E-state index in [1.165, 1.54) is 6.92 Å². The normalized spacial score (nSPS) is 49.7. The van der Waals surface area contributed by atoms with Crippen molar-refractivity contribution in [1.82, 2.24) is 21.3 Å². The van der Waals surface area contributed by atoms with Crippen molar-refractivity contribution >= 4 is 23.6 Å². The SMILES string of the molecule is CC(=O)N[C@@H]1[C@@H](O)[C@H](O[C@@H]2O[C@H](CO)[C@@H](O[C@@H]3O[C@H](CO[C@H]4O[C@H](CO)[C@@H](O)[C@H](O)[C@@H]4O[C@@H]4O[C@H](CO)[C@@H](O[C@@H]5O[C@H](CO)[C@H](O)[C@H](O)[C@H]5O)[C@H](O)[C@H]4NC(C)=O)[C@@H](O)[C@H](O[C@H]4O[C@H](CO)[C@@H](O[C@@H]5O[C@H](CO)[C@@H](O[C@@H]6O[C@H](CO)[C@H](O)[C@H](O)[C@H]6O)[C@H](O)[C@H]5NC(C)=O)[C@H](O)[C@@H]4O)[C@@H]3O)[C@H](O)[C@H]2NC(C)=O)[C@@H](CO[C@H]2O[C@H](C)[C@H](O)[C@H](O)[C@H]2O)O[C@H]1O. The van der Waals surface area contributed by atoms with E-state index in [0.717, 1.165) is 27.7 Å². The highest BCUT2D eigenvalue weighted by Gasteiger charge is 2.62. The molecule has 0 unspecified atom stereocenters. The van der Waals surface area contributed by atoms with Crippen LogP contribution in [0.4, 0.5) is 0 Å². The minimum Gasteiger partial charge on any atom is -0.394 e. The van der Waals surface area contributed by atoms with Gasteiger partial charge in [-0.25, -0.2) is 0 Å². The number of ether oxygens (including phenoxy) is 19. The Morgan fingerprint density at radius 3 is 0.893 bits per heavy atom. The lowest BCUT2D eigenvalue weighted by Crippen LogP contribution is -2.71. The Balaban J connectivity index is 0.945. The maximum atomic E-state index is 13.2. The summed E-state index contributed by atoms with van der Waals surface area (Å²) in [6, 6.07) is -7.51. The number of rotatable bonds is 31. The molecular formula is C68H114N4O50. The van der Waals surface area contributed by atoms with Gasteiger partial charge in [0, 0.05) is 27.7 Å². The summed E-state index contributed by atoms with van der Waals surface area (Å²) in [6.45, 7) is -4.63. The molecule has 4 amide bonds. The van der Waals surface area contributed by atoms with Crippen LogP contribution in [0, 0.1) is 0 Å². The molecule has 10 aliphatic rings. The van der Waals surface area contributed by atoms with E-state index >= 15 is 0 Å². The lowest BCUT2D eigenvalue weighted by molar-refractivity contribution is -0.394. The molecule has 0 aliphatic carbocycles. The Bertz CT molecular complexity index is 3290. The van der Waals surface area contributed by atoms with Crippen molar-refractivity contribution in [3.63, 3.8) is 0 Å². The van der Waals surface area contributed by atoms with Crippen LogP contribution >= 0.6 is 0 Å². The summed E-state index contributed by atoms with van der Waals surface area (Å²) in [5.41, 5.74) is 0. The molecule has 54 heteroatoms. The van der Waals surface area contributed by atoms with Crippen LogP contribution in [0.2, 0.25) is 0 Å². The molecule has 0 bridgehead atoms. The summed E-state index contributed by atoms with van der Waals surface area (Å²) in [5, 5.41) is 310. The van der Waals surface area contributed by atoms with Gasteiger partial charge in [-0.05, 0) is 6.92 Å². The molecule has 122 heavy (non-hydrogen) atoms. The molecule has 31 N–H and O–H groups in total. The molecule has 0 aromatic heterocycles. The Hall–Kier alpha value is -3.96. The van der Waals surface area contributed by atoms with Crippen molar-refractivity contribution < 1.29 is 247 Å². The highest BCUT2D eigenvalue weighted by atomic mass is 16.8. The van der Waals surface area contributed by atoms with Crippen LogP contribution < -0.4 is 21.3 Å². The molecule has 10 heterocycles. The van der Waals surface area contributed by atoms with Crippen molar-refractivity contribution in [1.29, 1.82) is 0 Å². The van der Waals surface area contributed by atoms with Crippen LogP contribution in [-0.2, 0) is 109 Å². The zero-order valence-electron chi connectivity index (χ0n) is 65.7. The van der Waals surface area contributed by atoms with Crippen molar-refractivity contribution in [3.05, 3.63) is 0 Å². The average molecular weight is 1790 g/mol. The van der Waals surface area contributed by atoms with Crippen molar-refractivity contribution in [2.24, 2.45) is 0 Å². The summed E-state index contributed by atoms with van der Waals surface area (Å²) >= 11 is 0. The fourth-order valence-electron chi connectivity index (χ4n) is 15.8. The summed E-state index contributed by atoms with van der Waals surface area (Å²) < 4.78 is 112. The van der Waals surface area contributed by atoms with E-state index in [1.54, 1.807) is 0 Å². The second kappa shape index (κ2) is 43.6. The van der Waals surface area contributed by atoms with Gasteiger partial charge in [-0.3, -0.25) is 19.2 Å². The zero-order valence-corrected chi connectivity index (χ0v) is 65.7. The van der Waals surface area contributed by atoms with Gasteiger partial charge in [-0.15, -0.1) is 0 Å². The van der Waals surface area contributed by atoms with E-state index in [2.05, 4.69) is 21.3 Å². The molecule has 10 aliphatic heterocycles. The van der Waals surface area contributed by atoms with E-state index < -0.39 is 390 Å². The summed E-state index contributed by atoms with van der Waals surface area (Å²) in [5.74, 6) is -3.67. The second-order valence-electron chi connectivity index (χ2n) is 31.0. The summed E-state index contributed by atoms with van der Waals surface area (Å²) in [4.78, 5) is 51.3. The minimum atomic E-state index is -2.57. The number of aliphatic hydroxyl groups is 27. The van der Waals surface area contributed by atoms with Crippen molar-refractivity contribution in [2.45, 2.75) is 341 Å². The molecule has 54 nitrogen and oxygen atoms in total. The highest BCUT2D eigenvalue weighted by molar-refractivity contribution is 5.74. The molecule has 0 radical (unpaired) electrons. The van der Waals surface area contributed by atoms with Gasteiger partial charge in [0.1, 0.15) is 238 Å². The van der Waals surface area contributed by atoms with Crippen LogP contribution in [0.3, 0.4) is 0 Å². The molecule has 0 aromatic carbocycles. The molecular weight excluding hydrogens is 1670 g/mol. The van der Waals surface area contributed by atoms with E-state index in [-0.39, 0.29) is 0 Å². The lowest BCUT2D eigenvalue weighted by Gasteiger charge is -2.51. The summed E-state index contributed by atoms with van der Waals surface area (Å²) in [6.07, 6.45) is -93.9. The zero-order chi connectivity index (χ0) is 89.8. The second-order valence-corrected chi connectivity index (χ2v) is 31.0. The van der Waals surface area contributed by atoms with Gasteiger partial charge in [0.05, 0.1) is 65.6 Å². The minimum absolute atomic E-state index is 0.839. The Labute approximate surface area is 691 Å². The molecule has 0 aromatic rings. The fraction of sp³-hybridized carbons (Fsp3) is 0.941. The number of aliphatic hydroxyl groups excluding tert-OH is 27. The number of carbonyl (C=O) groups excluding carboxylic acids is 4. The molecule has 10 rings (SSSR count). The lowest BCUT2D eigenvalue weighted by atomic mass is 9.93. The van der Waals surface area contributed by atoms with E-state index in [4.69, 9.17) is 90.0 Å². The van der Waals surface area contributed by atoms with Gasteiger partial charge in [-0.1, -0.05) is 0 Å². The average Bonchev–Trinajstić information content (AvgIpc) is 0.766. The molecule has 10 saturated heterocycles. The van der Waals surface area contributed by atoms with Crippen LogP contribution in [0.25, 0.3) is 0 Å². The van der Waals surface area contributed by atoms with E-state index in [9.17, 15) is 157 Å². The number of hydrogen-bond donors (Lipinski definition) is 31. The predicted octanol–water partition coefficient (Wildman–Crippen LogP) is -21.2. The van der Waals surface area contributed by atoms with Crippen molar-refractivity contribution in [3.8, 4) is 0 Å². The van der Waals surface area contributed by atoms with Gasteiger partial charge >= 0.3 is 0 Å².